The van der Waals surface area contributed by atoms with E-state index in [1.807, 2.05) is 0 Å². The lowest BCUT2D eigenvalue weighted by atomic mass is 10.2. The van der Waals surface area contributed by atoms with E-state index >= 15 is 0 Å². The number of nitrogens with one attached hydrogen (secondary N) is 1. The van der Waals surface area contributed by atoms with Crippen LogP contribution in [0.25, 0.3) is 10.9 Å². The van der Waals surface area contributed by atoms with Crippen molar-refractivity contribution in [3.05, 3.63) is 75.6 Å². The molecule has 1 atom stereocenters. The Morgan fingerprint density at radius 2 is 1.95 bits per heavy atom. The predicted molar refractivity (Wildman–Crippen MR) is 146 cm³/mol. The molecule has 0 spiro atoms. The van der Waals surface area contributed by atoms with Crippen LogP contribution in [0.15, 0.2) is 54.9 Å². The average Bonchev–Trinajstić information content (AvgIpc) is 2.93. The first-order valence-electron chi connectivity index (χ1n) is 11.6. The van der Waals surface area contributed by atoms with Gasteiger partial charge in [0.25, 0.3) is 5.91 Å². The molecule has 0 radical (unpaired) electrons. The Bertz CT molecular complexity index is 1470. The summed E-state index contributed by atoms with van der Waals surface area (Å²) in [6.07, 6.45) is 2.83. The van der Waals surface area contributed by atoms with Crippen molar-refractivity contribution in [3.63, 3.8) is 0 Å². The smallest absolute Gasteiger partial charge is 0.255 e. The van der Waals surface area contributed by atoms with Gasteiger partial charge in [-0.2, -0.15) is 0 Å². The molecular formula is C26H22Cl3N5O4. The molecule has 5 rings (SSSR count). The van der Waals surface area contributed by atoms with Gasteiger partial charge >= 0.3 is 0 Å². The van der Waals surface area contributed by atoms with Crippen LogP contribution < -0.4 is 14.8 Å². The zero-order valence-corrected chi connectivity index (χ0v) is 22.4. The maximum absolute atomic E-state index is 12.9. The lowest BCUT2D eigenvalue weighted by Crippen LogP contribution is -2.47. The Labute approximate surface area is 233 Å². The lowest BCUT2D eigenvalue weighted by molar-refractivity contribution is -0.0403. The number of carbonyl (C=O) groups excluding carboxylic acids is 1. The molecule has 1 aliphatic heterocycles. The highest BCUT2D eigenvalue weighted by atomic mass is 35.5. The predicted octanol–water partition coefficient (Wildman–Crippen LogP) is 5.66. The number of morpholine rings is 1. The fourth-order valence-corrected chi connectivity index (χ4v) is 4.36. The summed E-state index contributed by atoms with van der Waals surface area (Å²) in [6, 6.07) is 12.0. The summed E-state index contributed by atoms with van der Waals surface area (Å²) in [5.41, 5.74) is 1.82. The SMILES string of the molecule is COc1cc2cnc(Nc3ccc(Cl)c(Cl)c3)nc2cc1OCC1CN(C(=O)c2ccc(Cl)nc2)CCO1. The van der Waals surface area contributed by atoms with E-state index < -0.39 is 0 Å². The number of ether oxygens (including phenoxy) is 3. The molecule has 3 heterocycles. The number of hydrogen-bond acceptors (Lipinski definition) is 8. The molecule has 0 bridgehead atoms. The van der Waals surface area contributed by atoms with Crippen LogP contribution in [0.1, 0.15) is 10.4 Å². The summed E-state index contributed by atoms with van der Waals surface area (Å²) in [5.74, 6) is 1.27. The van der Waals surface area contributed by atoms with Crippen LogP contribution in [0.2, 0.25) is 15.2 Å². The number of amides is 1. The third-order valence-corrected chi connectivity index (χ3v) is 6.83. The van der Waals surface area contributed by atoms with E-state index in [2.05, 4.69) is 20.3 Å². The van der Waals surface area contributed by atoms with E-state index in [0.29, 0.717) is 69.1 Å². The van der Waals surface area contributed by atoms with Crippen LogP contribution in [0.5, 0.6) is 11.5 Å². The number of fused-ring (bicyclic) bond motifs is 1. The first-order chi connectivity index (χ1) is 18.4. The second-order valence-electron chi connectivity index (χ2n) is 8.43. The maximum atomic E-state index is 12.9. The Morgan fingerprint density at radius 3 is 2.71 bits per heavy atom. The zero-order chi connectivity index (χ0) is 26.6. The minimum absolute atomic E-state index is 0.135. The van der Waals surface area contributed by atoms with E-state index in [0.717, 1.165) is 5.39 Å². The number of benzene rings is 2. The van der Waals surface area contributed by atoms with Gasteiger partial charge in [-0.25, -0.2) is 15.0 Å². The molecule has 1 amide bonds. The summed E-state index contributed by atoms with van der Waals surface area (Å²) in [6.45, 7) is 1.45. The van der Waals surface area contributed by atoms with Crippen molar-refractivity contribution in [1.82, 2.24) is 19.9 Å². The van der Waals surface area contributed by atoms with Gasteiger partial charge in [0.1, 0.15) is 17.9 Å². The molecule has 0 saturated carbocycles. The summed E-state index contributed by atoms with van der Waals surface area (Å²) in [7, 11) is 1.56. The molecule has 1 N–H and O–H groups in total. The fourth-order valence-electron chi connectivity index (χ4n) is 3.95. The first-order valence-corrected chi connectivity index (χ1v) is 12.7. The Balaban J connectivity index is 1.29. The van der Waals surface area contributed by atoms with Crippen molar-refractivity contribution in [2.45, 2.75) is 6.10 Å². The Hall–Kier alpha value is -3.37. The molecule has 38 heavy (non-hydrogen) atoms. The topological polar surface area (TPSA) is 98.7 Å². The standard InChI is InChI=1S/C26H22Cl3N5O4/c1-36-22-8-16-12-31-26(32-17-3-4-19(27)20(28)9-17)33-21(16)10-23(22)38-14-18-13-34(6-7-37-18)25(35)15-2-5-24(29)30-11-15/h2-5,8-12,18H,6-7,13-14H2,1H3,(H,31,32,33). The van der Waals surface area contributed by atoms with Crippen LogP contribution in [0.3, 0.4) is 0 Å². The molecule has 12 heteroatoms. The van der Waals surface area contributed by atoms with Crippen LogP contribution in [0, 0.1) is 0 Å². The molecule has 1 fully saturated rings. The van der Waals surface area contributed by atoms with E-state index in [9.17, 15) is 4.79 Å². The second-order valence-corrected chi connectivity index (χ2v) is 9.64. The van der Waals surface area contributed by atoms with Gasteiger partial charge in [0.2, 0.25) is 5.95 Å². The molecule has 1 unspecified atom stereocenters. The summed E-state index contributed by atoms with van der Waals surface area (Å²) >= 11 is 17.9. The van der Waals surface area contributed by atoms with Crippen molar-refractivity contribution >= 4 is 63.2 Å². The minimum Gasteiger partial charge on any atom is -0.493 e. The first kappa shape index (κ1) is 26.2. The number of halogens is 3. The number of hydrogen-bond donors (Lipinski definition) is 1. The van der Waals surface area contributed by atoms with Gasteiger partial charge in [-0.3, -0.25) is 4.79 Å². The van der Waals surface area contributed by atoms with Gasteiger partial charge in [0.15, 0.2) is 11.5 Å². The van der Waals surface area contributed by atoms with Gasteiger partial charge < -0.3 is 24.4 Å². The summed E-state index contributed by atoms with van der Waals surface area (Å²) in [5, 5.41) is 5.11. The van der Waals surface area contributed by atoms with Gasteiger partial charge in [-0.05, 0) is 36.4 Å². The van der Waals surface area contributed by atoms with Crippen molar-refractivity contribution in [2.75, 3.05) is 38.7 Å². The third-order valence-electron chi connectivity index (χ3n) is 5.87. The lowest BCUT2D eigenvalue weighted by Gasteiger charge is -2.33. The Kier molecular flexibility index (Phi) is 7.99. The van der Waals surface area contributed by atoms with Gasteiger partial charge in [0, 0.05) is 36.1 Å². The molecule has 196 valence electrons. The van der Waals surface area contributed by atoms with Crippen LogP contribution in [-0.2, 0) is 4.74 Å². The number of nitrogens with zero attached hydrogens (tertiary/aromatic N) is 4. The quantitative estimate of drug-likeness (QED) is 0.283. The highest BCUT2D eigenvalue weighted by molar-refractivity contribution is 6.42. The van der Waals surface area contributed by atoms with Crippen molar-refractivity contribution in [1.29, 1.82) is 0 Å². The molecule has 4 aromatic rings. The number of anilines is 2. The number of aromatic nitrogens is 3. The molecule has 2 aromatic heterocycles. The maximum Gasteiger partial charge on any atom is 0.255 e. The molecule has 1 aliphatic rings. The zero-order valence-electron chi connectivity index (χ0n) is 20.2. The minimum atomic E-state index is -0.328. The highest BCUT2D eigenvalue weighted by Gasteiger charge is 2.26. The third kappa shape index (κ3) is 6.02. The summed E-state index contributed by atoms with van der Waals surface area (Å²) < 4.78 is 17.5. The van der Waals surface area contributed by atoms with Gasteiger partial charge in [-0.1, -0.05) is 34.8 Å². The fraction of sp³-hybridized carbons (Fsp3) is 0.231. The van der Waals surface area contributed by atoms with Crippen molar-refractivity contribution in [2.24, 2.45) is 0 Å². The van der Waals surface area contributed by atoms with Gasteiger partial charge in [-0.15, -0.1) is 0 Å². The molecular weight excluding hydrogens is 553 g/mol. The normalized spacial score (nSPS) is 15.4. The van der Waals surface area contributed by atoms with Crippen LogP contribution in [0.4, 0.5) is 11.6 Å². The molecule has 9 nitrogen and oxygen atoms in total. The Morgan fingerprint density at radius 1 is 1.08 bits per heavy atom. The molecule has 0 aliphatic carbocycles. The van der Waals surface area contributed by atoms with Crippen molar-refractivity contribution < 1.29 is 19.0 Å². The monoisotopic (exact) mass is 573 g/mol. The largest absolute Gasteiger partial charge is 0.493 e. The van der Waals surface area contributed by atoms with E-state index in [1.165, 1.54) is 6.20 Å². The van der Waals surface area contributed by atoms with Crippen LogP contribution in [-0.4, -0.2) is 65.3 Å². The van der Waals surface area contributed by atoms with E-state index in [4.69, 9.17) is 49.0 Å². The van der Waals surface area contributed by atoms with Crippen LogP contribution >= 0.6 is 34.8 Å². The molecule has 2 aromatic carbocycles. The van der Waals surface area contributed by atoms with Gasteiger partial charge in [0.05, 0.1) is 41.4 Å². The highest BCUT2D eigenvalue weighted by Crippen LogP contribution is 2.33. The van der Waals surface area contributed by atoms with Crippen molar-refractivity contribution in [3.8, 4) is 11.5 Å². The average molecular weight is 575 g/mol. The van der Waals surface area contributed by atoms with E-state index in [-0.39, 0.29) is 18.6 Å². The summed E-state index contributed by atoms with van der Waals surface area (Å²) in [4.78, 5) is 27.5. The van der Waals surface area contributed by atoms with E-state index in [1.54, 1.807) is 60.7 Å². The second kappa shape index (κ2) is 11.6. The number of pyridine rings is 1. The molecule has 1 saturated heterocycles. The number of methoxy groups -OCH3 is 1. The number of rotatable bonds is 7. The number of carbonyl (C=O) groups is 1.